The van der Waals surface area contributed by atoms with Gasteiger partial charge >= 0.3 is 0 Å². The number of hydrogen-bond donors (Lipinski definition) is 0. The molecule has 0 atom stereocenters. The summed E-state index contributed by atoms with van der Waals surface area (Å²) in [6, 6.07) is 18.4. The Morgan fingerprint density at radius 3 is 2.26 bits per heavy atom. The van der Waals surface area contributed by atoms with Crippen LogP contribution in [-0.2, 0) is 21.4 Å². The second-order valence-electron chi connectivity index (χ2n) is 9.96. The molecule has 38 heavy (non-hydrogen) atoms. The molecule has 0 spiro atoms. The van der Waals surface area contributed by atoms with Crippen molar-refractivity contribution in [1.29, 1.82) is 0 Å². The predicted octanol–water partition coefficient (Wildman–Crippen LogP) is 3.88. The molecule has 3 aromatic carbocycles. The van der Waals surface area contributed by atoms with Gasteiger partial charge in [0.2, 0.25) is 12.7 Å². The number of carbonyl (C=O) groups excluding carboxylic acids is 1. The fourth-order valence-corrected chi connectivity index (χ4v) is 6.27. The molecule has 0 N–H and O–H groups in total. The van der Waals surface area contributed by atoms with Gasteiger partial charge < -0.3 is 14.4 Å². The summed E-state index contributed by atoms with van der Waals surface area (Å²) in [5.74, 6) is 1.32. The number of piperazine rings is 1. The highest BCUT2D eigenvalue weighted by Gasteiger charge is 2.31. The number of amides is 1. The monoisotopic (exact) mass is 535 g/mol. The molecule has 0 saturated carbocycles. The molecular formula is C29H33N3O5S. The average molecular weight is 536 g/mol. The first-order valence-electron chi connectivity index (χ1n) is 12.8. The van der Waals surface area contributed by atoms with E-state index in [0.717, 1.165) is 40.3 Å². The van der Waals surface area contributed by atoms with Gasteiger partial charge in [-0.1, -0.05) is 35.9 Å². The van der Waals surface area contributed by atoms with Crippen LogP contribution in [0.4, 0.5) is 5.69 Å². The van der Waals surface area contributed by atoms with Gasteiger partial charge in [0.25, 0.3) is 10.0 Å². The van der Waals surface area contributed by atoms with Crippen molar-refractivity contribution in [3.05, 3.63) is 82.9 Å². The SMILES string of the molecule is Cc1ccc(S(=O)(=O)N(CC(=O)N2CCN(Cc3ccc4c(c3)OCO4)CC2)c2cc(C)ccc2C)cc1. The first-order chi connectivity index (χ1) is 18.2. The minimum absolute atomic E-state index is 0.172. The first-order valence-corrected chi connectivity index (χ1v) is 14.2. The lowest BCUT2D eigenvalue weighted by atomic mass is 10.1. The Bertz CT molecular complexity index is 1430. The van der Waals surface area contributed by atoms with E-state index in [4.69, 9.17) is 9.47 Å². The number of benzene rings is 3. The Hall–Kier alpha value is -3.56. The molecule has 0 radical (unpaired) electrons. The maximum absolute atomic E-state index is 13.8. The van der Waals surface area contributed by atoms with Gasteiger partial charge in [0.15, 0.2) is 11.5 Å². The van der Waals surface area contributed by atoms with Gasteiger partial charge in [-0.3, -0.25) is 14.0 Å². The fraction of sp³-hybridized carbons (Fsp3) is 0.345. The first kappa shape index (κ1) is 26.1. The van der Waals surface area contributed by atoms with Crippen molar-refractivity contribution in [3.63, 3.8) is 0 Å². The Morgan fingerprint density at radius 1 is 0.842 bits per heavy atom. The van der Waals surface area contributed by atoms with Crippen LogP contribution in [-0.4, -0.2) is 63.6 Å². The molecular weight excluding hydrogens is 502 g/mol. The van der Waals surface area contributed by atoms with Crippen molar-refractivity contribution in [2.24, 2.45) is 0 Å². The Kier molecular flexibility index (Phi) is 7.32. The molecule has 2 aliphatic rings. The summed E-state index contributed by atoms with van der Waals surface area (Å²) in [5.41, 5.74) is 4.35. The van der Waals surface area contributed by atoms with Crippen molar-refractivity contribution in [1.82, 2.24) is 9.80 Å². The minimum atomic E-state index is -3.95. The second kappa shape index (κ2) is 10.7. The van der Waals surface area contributed by atoms with E-state index in [1.54, 1.807) is 29.2 Å². The number of rotatable bonds is 7. The molecule has 5 rings (SSSR count). The standard InChI is InChI=1S/C29H33N3O5S/c1-21-5-9-25(10-6-21)38(34,35)32(26-16-22(2)4-7-23(26)3)19-29(33)31-14-12-30(13-15-31)18-24-8-11-27-28(17-24)37-20-36-27/h4-11,16-17H,12-15,18-20H2,1-3H3. The van der Waals surface area contributed by atoms with Crippen LogP contribution in [0.25, 0.3) is 0 Å². The molecule has 200 valence electrons. The van der Waals surface area contributed by atoms with E-state index in [-0.39, 0.29) is 24.1 Å². The van der Waals surface area contributed by atoms with E-state index in [9.17, 15) is 13.2 Å². The van der Waals surface area contributed by atoms with Gasteiger partial charge in [-0.15, -0.1) is 0 Å². The molecule has 1 fully saturated rings. The van der Waals surface area contributed by atoms with Crippen molar-refractivity contribution >= 4 is 21.6 Å². The van der Waals surface area contributed by atoms with E-state index in [1.165, 1.54) is 4.31 Å². The smallest absolute Gasteiger partial charge is 0.264 e. The molecule has 1 saturated heterocycles. The third-order valence-electron chi connectivity index (χ3n) is 7.09. The maximum atomic E-state index is 13.8. The van der Waals surface area contributed by atoms with Gasteiger partial charge in [0, 0.05) is 32.7 Å². The van der Waals surface area contributed by atoms with Gasteiger partial charge in [-0.05, 0) is 67.8 Å². The highest BCUT2D eigenvalue weighted by Crippen LogP contribution is 2.33. The number of nitrogens with zero attached hydrogens (tertiary/aromatic N) is 3. The minimum Gasteiger partial charge on any atom is -0.454 e. The van der Waals surface area contributed by atoms with Crippen LogP contribution in [0.1, 0.15) is 22.3 Å². The van der Waals surface area contributed by atoms with E-state index < -0.39 is 10.0 Å². The van der Waals surface area contributed by atoms with E-state index in [0.29, 0.717) is 31.9 Å². The van der Waals surface area contributed by atoms with Crippen LogP contribution in [0, 0.1) is 20.8 Å². The summed E-state index contributed by atoms with van der Waals surface area (Å²) < 4.78 is 39.7. The van der Waals surface area contributed by atoms with E-state index in [1.807, 2.05) is 57.2 Å². The van der Waals surface area contributed by atoms with Gasteiger partial charge in [-0.25, -0.2) is 8.42 Å². The summed E-state index contributed by atoms with van der Waals surface area (Å²) in [5, 5.41) is 0. The molecule has 0 unspecified atom stereocenters. The van der Waals surface area contributed by atoms with E-state index >= 15 is 0 Å². The zero-order valence-corrected chi connectivity index (χ0v) is 22.8. The van der Waals surface area contributed by atoms with Crippen molar-refractivity contribution < 1.29 is 22.7 Å². The van der Waals surface area contributed by atoms with Crippen LogP contribution in [0.3, 0.4) is 0 Å². The van der Waals surface area contributed by atoms with Crippen LogP contribution in [0.5, 0.6) is 11.5 Å². The molecule has 1 amide bonds. The number of fused-ring (bicyclic) bond motifs is 1. The van der Waals surface area contributed by atoms with Crippen LogP contribution in [0.2, 0.25) is 0 Å². The van der Waals surface area contributed by atoms with Gasteiger partial charge in [-0.2, -0.15) is 0 Å². The number of carbonyl (C=O) groups is 1. The van der Waals surface area contributed by atoms with Crippen molar-refractivity contribution in [3.8, 4) is 11.5 Å². The molecule has 9 heteroatoms. The number of aryl methyl sites for hydroxylation is 3. The Labute approximate surface area is 224 Å². The number of ether oxygens (including phenoxy) is 2. The molecule has 0 aliphatic carbocycles. The molecule has 3 aromatic rings. The van der Waals surface area contributed by atoms with Crippen molar-refractivity contribution in [2.45, 2.75) is 32.2 Å². The fourth-order valence-electron chi connectivity index (χ4n) is 4.80. The van der Waals surface area contributed by atoms with Gasteiger partial charge in [0.1, 0.15) is 6.54 Å². The predicted molar refractivity (Wildman–Crippen MR) is 146 cm³/mol. The average Bonchev–Trinajstić information content (AvgIpc) is 3.37. The largest absolute Gasteiger partial charge is 0.454 e. The van der Waals surface area contributed by atoms with Crippen LogP contribution in [0.15, 0.2) is 65.6 Å². The van der Waals surface area contributed by atoms with Crippen molar-refractivity contribution in [2.75, 3.05) is 43.8 Å². The summed E-state index contributed by atoms with van der Waals surface area (Å²) in [7, 11) is -3.95. The topological polar surface area (TPSA) is 79.4 Å². The summed E-state index contributed by atoms with van der Waals surface area (Å²) in [4.78, 5) is 17.7. The molecule has 2 heterocycles. The number of sulfonamides is 1. The lowest BCUT2D eigenvalue weighted by Gasteiger charge is -2.36. The lowest BCUT2D eigenvalue weighted by Crippen LogP contribution is -2.51. The normalized spacial score (nSPS) is 15.5. The van der Waals surface area contributed by atoms with Crippen LogP contribution < -0.4 is 13.8 Å². The summed E-state index contributed by atoms with van der Waals surface area (Å²) in [6.45, 7) is 8.92. The zero-order valence-electron chi connectivity index (χ0n) is 22.0. The number of anilines is 1. The molecule has 2 aliphatic heterocycles. The Balaban J connectivity index is 1.30. The zero-order chi connectivity index (χ0) is 26.9. The quantitative estimate of drug-likeness (QED) is 0.457. The molecule has 0 aromatic heterocycles. The van der Waals surface area contributed by atoms with Gasteiger partial charge in [0.05, 0.1) is 10.6 Å². The highest BCUT2D eigenvalue weighted by atomic mass is 32.2. The number of hydrogen-bond acceptors (Lipinski definition) is 6. The van der Waals surface area contributed by atoms with E-state index in [2.05, 4.69) is 4.90 Å². The third-order valence-corrected chi connectivity index (χ3v) is 8.86. The highest BCUT2D eigenvalue weighted by molar-refractivity contribution is 7.92. The summed E-state index contributed by atoms with van der Waals surface area (Å²) in [6.07, 6.45) is 0. The van der Waals surface area contributed by atoms with Crippen LogP contribution >= 0.6 is 0 Å². The third kappa shape index (κ3) is 5.49. The molecule has 0 bridgehead atoms. The Morgan fingerprint density at radius 2 is 1.53 bits per heavy atom. The summed E-state index contributed by atoms with van der Waals surface area (Å²) >= 11 is 0. The molecule has 8 nitrogen and oxygen atoms in total. The lowest BCUT2D eigenvalue weighted by molar-refractivity contribution is -0.131. The second-order valence-corrected chi connectivity index (χ2v) is 11.8. The maximum Gasteiger partial charge on any atom is 0.264 e.